The number of hydrazine groups is 1. The van der Waals surface area contributed by atoms with E-state index in [0.717, 1.165) is 21.0 Å². The van der Waals surface area contributed by atoms with Crippen molar-refractivity contribution in [2.45, 2.75) is 24.8 Å². The maximum absolute atomic E-state index is 12.2. The summed E-state index contributed by atoms with van der Waals surface area (Å²) < 4.78 is 28.7. The molecule has 3 aromatic rings. The molecule has 0 spiro atoms. The minimum absolute atomic E-state index is 0.269. The van der Waals surface area contributed by atoms with Gasteiger partial charge in [0.1, 0.15) is 6.04 Å². The average molecular weight is 505 g/mol. The molecule has 4 rings (SSSR count). The van der Waals surface area contributed by atoms with E-state index in [1.165, 1.54) is 24.7 Å². The van der Waals surface area contributed by atoms with Crippen LogP contribution in [0.3, 0.4) is 0 Å². The average Bonchev–Trinajstić information content (AvgIpc) is 3.47. The minimum atomic E-state index is -3.30. The quantitative estimate of drug-likeness (QED) is 0.468. The highest BCUT2D eigenvalue weighted by Gasteiger charge is 2.32. The van der Waals surface area contributed by atoms with Gasteiger partial charge in [0.05, 0.1) is 33.3 Å². The van der Waals surface area contributed by atoms with Gasteiger partial charge in [0.25, 0.3) is 0 Å². The lowest BCUT2D eigenvalue weighted by atomic mass is 10.2. The molecule has 1 aromatic heterocycles. The summed E-state index contributed by atoms with van der Waals surface area (Å²) in [5.41, 5.74) is 5.41. The molecule has 0 amide bonds. The van der Waals surface area contributed by atoms with E-state index in [1.54, 1.807) is 35.4 Å². The van der Waals surface area contributed by atoms with Gasteiger partial charge in [0.15, 0.2) is 9.84 Å². The summed E-state index contributed by atoms with van der Waals surface area (Å²) in [5.74, 6) is -0.412. The highest BCUT2D eigenvalue weighted by atomic mass is 35.5. The first-order valence-electron chi connectivity index (χ1n) is 10.3. The number of nitrogens with one attached hydrogen (secondary N) is 1. The highest BCUT2D eigenvalue weighted by Crippen LogP contribution is 2.39. The van der Waals surface area contributed by atoms with Crippen LogP contribution in [0.15, 0.2) is 71.6 Å². The minimum Gasteiger partial charge on any atom is -0.468 e. The van der Waals surface area contributed by atoms with E-state index in [1.807, 2.05) is 50.2 Å². The van der Waals surface area contributed by atoms with Gasteiger partial charge in [-0.1, -0.05) is 49.7 Å². The summed E-state index contributed by atoms with van der Waals surface area (Å²) in [6.07, 6.45) is 2.98. The number of anilines is 1. The zero-order valence-corrected chi connectivity index (χ0v) is 21.1. The number of halogens is 1. The summed E-state index contributed by atoms with van der Waals surface area (Å²) in [5, 5.41) is 2.30. The molecule has 1 atom stereocenters. The zero-order chi connectivity index (χ0) is 24.2. The summed E-state index contributed by atoms with van der Waals surface area (Å²) >= 11 is 7.89. The summed E-state index contributed by atoms with van der Waals surface area (Å²) in [6, 6.07) is 17.4. The number of hydrogen-bond acceptors (Lipinski definition) is 7. The van der Waals surface area contributed by atoms with Gasteiger partial charge in [0.2, 0.25) is 0 Å². The lowest BCUT2D eigenvalue weighted by Gasteiger charge is -2.24. The Morgan fingerprint density at radius 1 is 1.06 bits per heavy atom. The second kappa shape index (κ2) is 10.5. The third kappa shape index (κ3) is 5.47. The molecule has 174 valence electrons. The van der Waals surface area contributed by atoms with E-state index >= 15 is 0 Å². The van der Waals surface area contributed by atoms with Crippen LogP contribution in [-0.2, 0) is 19.4 Å². The van der Waals surface area contributed by atoms with Crippen molar-refractivity contribution in [1.82, 2.24) is 5.43 Å². The summed E-state index contributed by atoms with van der Waals surface area (Å²) in [4.78, 5) is 14.2. The number of thiophene rings is 1. The van der Waals surface area contributed by atoms with Gasteiger partial charge in [-0.05, 0) is 48.0 Å². The first kappa shape index (κ1) is 25.0. The van der Waals surface area contributed by atoms with Crippen molar-refractivity contribution in [3.63, 3.8) is 0 Å². The molecular weight excluding hydrogens is 480 g/mol. The molecule has 2 heterocycles. The van der Waals surface area contributed by atoms with Gasteiger partial charge in [0, 0.05) is 11.1 Å². The molecule has 9 heteroatoms. The molecule has 0 radical (unpaired) electrons. The number of sulfone groups is 1. The molecule has 33 heavy (non-hydrogen) atoms. The number of nitrogens with zero attached hydrogens (tertiary/aromatic N) is 1. The van der Waals surface area contributed by atoms with E-state index in [-0.39, 0.29) is 4.90 Å². The topological polar surface area (TPSA) is 75.7 Å². The monoisotopic (exact) mass is 504 g/mol. The number of rotatable bonds is 5. The van der Waals surface area contributed by atoms with Crippen molar-refractivity contribution < 1.29 is 17.9 Å². The van der Waals surface area contributed by atoms with Gasteiger partial charge in [-0.15, -0.1) is 11.3 Å². The van der Waals surface area contributed by atoms with Crippen LogP contribution in [0.25, 0.3) is 16.1 Å². The van der Waals surface area contributed by atoms with Crippen LogP contribution < -0.4 is 10.4 Å². The third-order valence-corrected chi connectivity index (χ3v) is 7.37. The van der Waals surface area contributed by atoms with Gasteiger partial charge in [-0.3, -0.25) is 5.01 Å². The third-order valence-electron chi connectivity index (χ3n) is 4.79. The molecule has 0 fully saturated rings. The molecule has 1 aliphatic heterocycles. The highest BCUT2D eigenvalue weighted by molar-refractivity contribution is 7.90. The van der Waals surface area contributed by atoms with Crippen molar-refractivity contribution in [2.24, 2.45) is 0 Å². The first-order chi connectivity index (χ1) is 15.8. The smallest absolute Gasteiger partial charge is 0.328 e. The molecular formula is C24H25ClN2O4S2. The fraction of sp³-hybridized carbons (Fsp3) is 0.208. The normalized spacial score (nSPS) is 15.5. The van der Waals surface area contributed by atoms with Gasteiger partial charge < -0.3 is 4.74 Å². The van der Waals surface area contributed by atoms with Crippen molar-refractivity contribution in [2.75, 3.05) is 18.4 Å². The standard InChI is InChI=1S/C22H19ClN2O4S2.C2H6/c1-29-22(26)17-13-19(25(24-17)18-9-4-3-8-16(18)23)21-11-10-20(30-21)14-6-5-7-15(12-14)31(2,27)28;1-2/h3-13,17,24H,1-2H3;1-2H3. The SMILES string of the molecule is CC.COC(=O)C1C=C(c2ccc(-c3cccc(S(C)(=O)=O)c3)s2)N(c2ccccc2Cl)N1. The molecule has 1 aliphatic rings. The fourth-order valence-corrected chi connectivity index (χ4v) is 5.17. The second-order valence-electron chi connectivity index (χ2n) is 6.93. The van der Waals surface area contributed by atoms with Gasteiger partial charge in [-0.25, -0.2) is 18.6 Å². The predicted molar refractivity (Wildman–Crippen MR) is 135 cm³/mol. The van der Waals surface area contributed by atoms with Crippen molar-refractivity contribution >= 4 is 50.1 Å². The largest absolute Gasteiger partial charge is 0.468 e. The van der Waals surface area contributed by atoms with Crippen molar-refractivity contribution in [3.05, 3.63) is 76.6 Å². The number of hydrogen-bond donors (Lipinski definition) is 1. The van der Waals surface area contributed by atoms with Crippen LogP contribution >= 0.6 is 22.9 Å². The molecule has 0 saturated heterocycles. The second-order valence-corrected chi connectivity index (χ2v) is 10.4. The van der Waals surface area contributed by atoms with E-state index in [9.17, 15) is 13.2 Å². The molecule has 0 bridgehead atoms. The van der Waals surface area contributed by atoms with E-state index in [0.29, 0.717) is 10.7 Å². The number of esters is 1. The molecule has 6 nitrogen and oxygen atoms in total. The molecule has 1 unspecified atom stereocenters. The first-order valence-corrected chi connectivity index (χ1v) is 13.4. The summed E-state index contributed by atoms with van der Waals surface area (Å²) in [7, 11) is -1.96. The van der Waals surface area contributed by atoms with Crippen LogP contribution in [0.5, 0.6) is 0 Å². The van der Waals surface area contributed by atoms with Crippen LogP contribution in [-0.4, -0.2) is 33.8 Å². The van der Waals surface area contributed by atoms with Crippen LogP contribution in [0.2, 0.25) is 5.02 Å². The molecule has 1 N–H and O–H groups in total. The van der Waals surface area contributed by atoms with E-state index in [4.69, 9.17) is 16.3 Å². The van der Waals surface area contributed by atoms with Gasteiger partial charge >= 0.3 is 5.97 Å². The number of methoxy groups -OCH3 is 1. The maximum atomic E-state index is 12.2. The Balaban J connectivity index is 0.00000149. The Morgan fingerprint density at radius 3 is 2.42 bits per heavy atom. The van der Waals surface area contributed by atoms with Crippen LogP contribution in [0.1, 0.15) is 18.7 Å². The summed E-state index contributed by atoms with van der Waals surface area (Å²) in [6.45, 7) is 4.00. The maximum Gasteiger partial charge on any atom is 0.328 e. The number of benzene rings is 2. The van der Waals surface area contributed by atoms with Crippen molar-refractivity contribution in [1.29, 1.82) is 0 Å². The lowest BCUT2D eigenvalue weighted by molar-refractivity contribution is -0.141. The molecule has 2 aromatic carbocycles. The molecule has 0 saturated carbocycles. The van der Waals surface area contributed by atoms with Crippen LogP contribution in [0.4, 0.5) is 5.69 Å². The van der Waals surface area contributed by atoms with E-state index in [2.05, 4.69) is 5.43 Å². The zero-order valence-electron chi connectivity index (χ0n) is 18.7. The van der Waals surface area contributed by atoms with Gasteiger partial charge in [-0.2, -0.15) is 0 Å². The Hall–Kier alpha value is -2.65. The van der Waals surface area contributed by atoms with Crippen molar-refractivity contribution in [3.8, 4) is 10.4 Å². The number of carbonyl (C=O) groups is 1. The lowest BCUT2D eigenvalue weighted by Crippen LogP contribution is -2.41. The predicted octanol–water partition coefficient (Wildman–Crippen LogP) is 5.41. The van der Waals surface area contributed by atoms with Crippen LogP contribution in [0, 0.1) is 0 Å². The Bertz CT molecular complexity index is 1280. The fourth-order valence-electron chi connectivity index (χ4n) is 3.26. The number of ether oxygens (including phenoxy) is 1. The number of carbonyl (C=O) groups excluding carboxylic acids is 1. The Morgan fingerprint density at radius 2 is 1.76 bits per heavy atom. The Labute approximate surface area is 203 Å². The Kier molecular flexibility index (Phi) is 7.97. The molecule has 0 aliphatic carbocycles. The van der Waals surface area contributed by atoms with E-state index < -0.39 is 21.8 Å². The number of para-hydroxylation sites is 1.